The third-order valence-electron chi connectivity index (χ3n) is 5.84. The fourth-order valence-electron chi connectivity index (χ4n) is 3.75. The highest BCUT2D eigenvalue weighted by molar-refractivity contribution is 7.92. The second-order valence-electron chi connectivity index (χ2n) is 9.07. The Morgan fingerprint density at radius 3 is 2.28 bits per heavy atom. The smallest absolute Gasteiger partial charge is 0.244 e. The third-order valence-corrected chi connectivity index (χ3v) is 7.71. The van der Waals surface area contributed by atoms with E-state index in [-0.39, 0.29) is 18.4 Å². The molecule has 36 heavy (non-hydrogen) atoms. The Morgan fingerprint density at radius 2 is 1.69 bits per heavy atom. The van der Waals surface area contributed by atoms with Gasteiger partial charge in [-0.25, -0.2) is 8.42 Å². The molecular formula is C26H35Cl2N3O4S. The number of carbonyl (C=O) groups excluding carboxylic acids is 2. The van der Waals surface area contributed by atoms with Gasteiger partial charge in [-0.2, -0.15) is 0 Å². The topological polar surface area (TPSA) is 86.8 Å². The standard InChI is InChI=1S/C26H35Cl2N3O4S/c1-6-7-14-29-26(33)19(4)30(16-20-12-13-22(27)23(28)15-20)25(32)17-31(36(5,34)35)24-11-9-8-10-21(24)18(2)3/h8-13,15,18-19H,6-7,14,16-17H2,1-5H3,(H,29,33). The van der Waals surface area contributed by atoms with Crippen LogP contribution in [0, 0.1) is 0 Å². The number of hydrogen-bond acceptors (Lipinski definition) is 4. The van der Waals surface area contributed by atoms with Gasteiger partial charge in [0.25, 0.3) is 0 Å². The van der Waals surface area contributed by atoms with Crippen LogP contribution in [0.5, 0.6) is 0 Å². The number of benzene rings is 2. The highest BCUT2D eigenvalue weighted by Crippen LogP contribution is 2.29. The van der Waals surface area contributed by atoms with Gasteiger partial charge in [-0.05, 0) is 48.6 Å². The Balaban J connectivity index is 2.44. The van der Waals surface area contributed by atoms with Crippen molar-refractivity contribution in [3.8, 4) is 0 Å². The van der Waals surface area contributed by atoms with Gasteiger partial charge in [0, 0.05) is 13.1 Å². The molecule has 10 heteroatoms. The van der Waals surface area contributed by atoms with E-state index in [4.69, 9.17) is 23.2 Å². The lowest BCUT2D eigenvalue weighted by Gasteiger charge is -2.32. The van der Waals surface area contributed by atoms with Gasteiger partial charge >= 0.3 is 0 Å². The molecule has 1 N–H and O–H groups in total. The highest BCUT2D eigenvalue weighted by atomic mass is 35.5. The summed E-state index contributed by atoms with van der Waals surface area (Å²) >= 11 is 12.2. The van der Waals surface area contributed by atoms with Crippen molar-refractivity contribution in [2.24, 2.45) is 0 Å². The van der Waals surface area contributed by atoms with E-state index in [0.717, 1.165) is 29.0 Å². The van der Waals surface area contributed by atoms with Crippen LogP contribution in [0.4, 0.5) is 5.69 Å². The minimum Gasteiger partial charge on any atom is -0.354 e. The largest absolute Gasteiger partial charge is 0.354 e. The van der Waals surface area contributed by atoms with Gasteiger partial charge in [-0.15, -0.1) is 0 Å². The average molecular weight is 557 g/mol. The Hall–Kier alpha value is -2.29. The molecule has 0 saturated carbocycles. The number of amides is 2. The quantitative estimate of drug-likeness (QED) is 0.364. The molecule has 1 atom stereocenters. The molecule has 0 fully saturated rings. The van der Waals surface area contributed by atoms with Crippen molar-refractivity contribution in [3.63, 3.8) is 0 Å². The van der Waals surface area contributed by atoms with E-state index in [2.05, 4.69) is 5.32 Å². The first kappa shape index (κ1) is 29.9. The summed E-state index contributed by atoms with van der Waals surface area (Å²) in [5.74, 6) is -0.787. The van der Waals surface area contributed by atoms with Gasteiger partial charge < -0.3 is 10.2 Å². The van der Waals surface area contributed by atoms with Crippen molar-refractivity contribution in [1.29, 1.82) is 0 Å². The molecule has 1 unspecified atom stereocenters. The van der Waals surface area contributed by atoms with Gasteiger partial charge in [-0.1, -0.05) is 74.7 Å². The highest BCUT2D eigenvalue weighted by Gasteiger charge is 2.31. The minimum absolute atomic E-state index is 0.0381. The van der Waals surface area contributed by atoms with Crippen LogP contribution in [-0.2, 0) is 26.2 Å². The summed E-state index contributed by atoms with van der Waals surface area (Å²) < 4.78 is 26.8. The second-order valence-corrected chi connectivity index (χ2v) is 11.8. The SMILES string of the molecule is CCCCNC(=O)C(C)N(Cc1ccc(Cl)c(Cl)c1)C(=O)CN(c1ccccc1C(C)C)S(C)(=O)=O. The maximum atomic E-state index is 13.7. The van der Waals surface area contributed by atoms with Gasteiger partial charge in [0.1, 0.15) is 12.6 Å². The van der Waals surface area contributed by atoms with Crippen molar-refractivity contribution in [1.82, 2.24) is 10.2 Å². The number of sulfonamides is 1. The van der Waals surface area contributed by atoms with Crippen LogP contribution in [0.2, 0.25) is 10.0 Å². The third kappa shape index (κ3) is 8.11. The summed E-state index contributed by atoms with van der Waals surface area (Å²) in [7, 11) is -3.80. The van der Waals surface area contributed by atoms with E-state index in [1.165, 1.54) is 4.90 Å². The van der Waals surface area contributed by atoms with Crippen molar-refractivity contribution in [3.05, 3.63) is 63.6 Å². The summed E-state index contributed by atoms with van der Waals surface area (Å²) in [5, 5.41) is 3.55. The van der Waals surface area contributed by atoms with Crippen LogP contribution >= 0.6 is 23.2 Å². The molecule has 0 saturated heterocycles. The number of rotatable bonds is 12. The number of para-hydroxylation sites is 1. The summed E-state index contributed by atoms with van der Waals surface area (Å²) in [5.41, 5.74) is 1.91. The molecule has 0 heterocycles. The molecule has 0 aliphatic heterocycles. The zero-order valence-electron chi connectivity index (χ0n) is 21.4. The Morgan fingerprint density at radius 1 is 1.03 bits per heavy atom. The lowest BCUT2D eigenvalue weighted by Crippen LogP contribution is -2.51. The molecule has 0 aromatic heterocycles. The molecule has 0 radical (unpaired) electrons. The lowest BCUT2D eigenvalue weighted by atomic mass is 10.0. The van der Waals surface area contributed by atoms with E-state index in [1.807, 2.05) is 32.9 Å². The molecule has 0 bridgehead atoms. The molecule has 2 aromatic rings. The van der Waals surface area contributed by atoms with E-state index in [0.29, 0.717) is 27.8 Å². The fourth-order valence-corrected chi connectivity index (χ4v) is 4.94. The van der Waals surface area contributed by atoms with Crippen LogP contribution in [0.25, 0.3) is 0 Å². The monoisotopic (exact) mass is 555 g/mol. The molecule has 2 amide bonds. The number of nitrogens with one attached hydrogen (secondary N) is 1. The molecule has 2 aromatic carbocycles. The van der Waals surface area contributed by atoms with Crippen LogP contribution in [0.3, 0.4) is 0 Å². The summed E-state index contributed by atoms with van der Waals surface area (Å²) in [6.45, 7) is 7.67. The van der Waals surface area contributed by atoms with Crippen molar-refractivity contribution < 1.29 is 18.0 Å². The van der Waals surface area contributed by atoms with Gasteiger partial charge in [0.2, 0.25) is 21.8 Å². The molecule has 0 aliphatic carbocycles. The number of hydrogen-bond donors (Lipinski definition) is 1. The lowest BCUT2D eigenvalue weighted by molar-refractivity contribution is -0.139. The summed E-state index contributed by atoms with van der Waals surface area (Å²) in [6, 6.07) is 11.2. The molecule has 0 aliphatic rings. The van der Waals surface area contributed by atoms with Crippen molar-refractivity contribution in [2.75, 3.05) is 23.7 Å². The maximum Gasteiger partial charge on any atom is 0.244 e. The van der Waals surface area contributed by atoms with E-state index >= 15 is 0 Å². The zero-order valence-corrected chi connectivity index (χ0v) is 23.8. The van der Waals surface area contributed by atoms with Crippen LogP contribution < -0.4 is 9.62 Å². The van der Waals surface area contributed by atoms with Crippen LogP contribution in [0.1, 0.15) is 57.6 Å². The van der Waals surface area contributed by atoms with E-state index in [1.54, 1.807) is 37.3 Å². The van der Waals surface area contributed by atoms with Crippen LogP contribution in [-0.4, -0.2) is 50.5 Å². The van der Waals surface area contributed by atoms with Gasteiger partial charge in [0.15, 0.2) is 0 Å². The van der Waals surface area contributed by atoms with Crippen molar-refractivity contribution >= 4 is 50.7 Å². The average Bonchev–Trinajstić information content (AvgIpc) is 2.81. The number of nitrogens with zero attached hydrogens (tertiary/aromatic N) is 2. The Labute approximate surface area is 224 Å². The number of unbranched alkanes of at least 4 members (excludes halogenated alkanes) is 1. The molecular weight excluding hydrogens is 521 g/mol. The van der Waals surface area contributed by atoms with E-state index < -0.39 is 28.5 Å². The predicted octanol–water partition coefficient (Wildman–Crippen LogP) is 5.22. The Bertz CT molecular complexity index is 1170. The zero-order chi connectivity index (χ0) is 27.0. The van der Waals surface area contributed by atoms with E-state index in [9.17, 15) is 18.0 Å². The number of anilines is 1. The maximum absolute atomic E-state index is 13.7. The van der Waals surface area contributed by atoms with Crippen molar-refractivity contribution in [2.45, 2.75) is 59.0 Å². The molecule has 0 spiro atoms. The second kappa shape index (κ2) is 13.3. The first-order valence-corrected chi connectivity index (χ1v) is 14.5. The first-order chi connectivity index (χ1) is 16.9. The molecule has 7 nitrogen and oxygen atoms in total. The first-order valence-electron chi connectivity index (χ1n) is 11.9. The molecule has 198 valence electrons. The fraction of sp³-hybridized carbons (Fsp3) is 0.462. The summed E-state index contributed by atoms with van der Waals surface area (Å²) in [6.07, 6.45) is 2.80. The van der Waals surface area contributed by atoms with Crippen LogP contribution in [0.15, 0.2) is 42.5 Å². The normalized spacial score (nSPS) is 12.3. The summed E-state index contributed by atoms with van der Waals surface area (Å²) in [4.78, 5) is 27.9. The predicted molar refractivity (Wildman–Crippen MR) is 147 cm³/mol. The Kier molecular flexibility index (Phi) is 11.1. The van der Waals surface area contributed by atoms with Gasteiger partial charge in [-0.3, -0.25) is 13.9 Å². The number of halogens is 2. The number of carbonyl (C=O) groups is 2. The molecule has 2 rings (SSSR count). The van der Waals surface area contributed by atoms with Gasteiger partial charge in [0.05, 0.1) is 22.0 Å². The minimum atomic E-state index is -3.80.